The van der Waals surface area contributed by atoms with Crippen LogP contribution >= 0.6 is 15.9 Å². The maximum atomic E-state index is 12.9. The summed E-state index contributed by atoms with van der Waals surface area (Å²) in [5.74, 6) is -3.07. The van der Waals surface area contributed by atoms with Crippen LogP contribution < -0.4 is 10.0 Å². The molecule has 4 N–H and O–H groups in total. The van der Waals surface area contributed by atoms with E-state index in [1.54, 1.807) is 6.07 Å². The van der Waals surface area contributed by atoms with Gasteiger partial charge in [0.2, 0.25) is 0 Å². The van der Waals surface area contributed by atoms with Gasteiger partial charge in [-0.05, 0) is 70.5 Å². The summed E-state index contributed by atoms with van der Waals surface area (Å²) >= 11 is 3.15. The Balaban J connectivity index is 1.88. The van der Waals surface area contributed by atoms with Crippen molar-refractivity contribution in [2.24, 2.45) is 0 Å². The molecular formula is C21H15BrN2O7S. The summed E-state index contributed by atoms with van der Waals surface area (Å²) in [4.78, 5) is 34.7. The molecule has 0 saturated heterocycles. The Hall–Kier alpha value is -3.70. The van der Waals surface area contributed by atoms with Gasteiger partial charge in [-0.25, -0.2) is 18.0 Å². The lowest BCUT2D eigenvalue weighted by molar-refractivity contribution is 0.0686. The number of carbonyl (C=O) groups excluding carboxylic acids is 1. The van der Waals surface area contributed by atoms with Crippen molar-refractivity contribution in [1.82, 2.24) is 0 Å². The van der Waals surface area contributed by atoms with Gasteiger partial charge in [-0.2, -0.15) is 0 Å². The minimum atomic E-state index is -4.15. The molecule has 0 heterocycles. The van der Waals surface area contributed by atoms with Gasteiger partial charge in [-0.1, -0.05) is 12.1 Å². The van der Waals surface area contributed by atoms with Crippen LogP contribution in [0.1, 0.15) is 31.1 Å². The topological polar surface area (TPSA) is 150 Å². The normalized spacial score (nSPS) is 10.9. The van der Waals surface area contributed by atoms with Crippen LogP contribution in [0.25, 0.3) is 0 Å². The Morgan fingerprint density at radius 1 is 0.812 bits per heavy atom. The maximum Gasteiger partial charge on any atom is 0.337 e. The number of hydrogen-bond acceptors (Lipinski definition) is 5. The largest absolute Gasteiger partial charge is 0.478 e. The molecule has 1 amide bonds. The van der Waals surface area contributed by atoms with E-state index in [-0.39, 0.29) is 37.4 Å². The molecule has 0 bridgehead atoms. The number of aromatic carboxylic acids is 2. The van der Waals surface area contributed by atoms with Crippen LogP contribution in [-0.2, 0) is 10.0 Å². The summed E-state index contributed by atoms with van der Waals surface area (Å²) in [5, 5.41) is 20.7. The highest BCUT2D eigenvalue weighted by atomic mass is 79.9. The average molecular weight is 519 g/mol. The molecule has 0 fully saturated rings. The van der Waals surface area contributed by atoms with Crippen LogP contribution in [0.5, 0.6) is 0 Å². The van der Waals surface area contributed by atoms with Gasteiger partial charge in [0, 0.05) is 15.7 Å². The number of hydrogen-bond donors (Lipinski definition) is 4. The first-order chi connectivity index (χ1) is 15.1. The van der Waals surface area contributed by atoms with Crippen molar-refractivity contribution in [2.45, 2.75) is 4.90 Å². The molecule has 0 aliphatic carbocycles. The highest BCUT2D eigenvalue weighted by molar-refractivity contribution is 9.10. The summed E-state index contributed by atoms with van der Waals surface area (Å²) in [6, 6.07) is 14.8. The van der Waals surface area contributed by atoms with Crippen LogP contribution in [0.15, 0.2) is 76.1 Å². The van der Waals surface area contributed by atoms with Crippen LogP contribution in [0.2, 0.25) is 0 Å². The predicted molar refractivity (Wildman–Crippen MR) is 120 cm³/mol. The Morgan fingerprint density at radius 3 is 2.06 bits per heavy atom. The van der Waals surface area contributed by atoms with Gasteiger partial charge in [0.15, 0.2) is 0 Å². The van der Waals surface area contributed by atoms with E-state index >= 15 is 0 Å². The highest BCUT2D eigenvalue weighted by Gasteiger charge is 2.21. The summed E-state index contributed by atoms with van der Waals surface area (Å²) in [6.07, 6.45) is 0. The number of para-hydroxylation sites is 1. The minimum absolute atomic E-state index is 0.00515. The molecule has 3 aromatic carbocycles. The number of anilines is 2. The number of benzene rings is 3. The first-order valence-electron chi connectivity index (χ1n) is 8.88. The third-order valence-corrected chi connectivity index (χ3v) is 6.65. The molecule has 0 aliphatic heterocycles. The molecule has 0 radical (unpaired) electrons. The smallest absolute Gasteiger partial charge is 0.337 e. The van der Waals surface area contributed by atoms with E-state index < -0.39 is 27.9 Å². The Morgan fingerprint density at radius 2 is 1.44 bits per heavy atom. The van der Waals surface area contributed by atoms with Crippen LogP contribution in [0, 0.1) is 0 Å². The fourth-order valence-corrected chi connectivity index (χ4v) is 4.76. The lowest BCUT2D eigenvalue weighted by Gasteiger charge is -2.12. The number of carbonyl (C=O) groups is 3. The molecule has 3 rings (SSSR count). The van der Waals surface area contributed by atoms with Gasteiger partial charge in [-0.15, -0.1) is 0 Å². The average Bonchev–Trinajstić information content (AvgIpc) is 2.74. The number of sulfonamides is 1. The first kappa shape index (κ1) is 23.0. The number of amides is 1. The second-order valence-corrected chi connectivity index (χ2v) is 8.94. The minimum Gasteiger partial charge on any atom is -0.478 e. The van der Waals surface area contributed by atoms with E-state index in [9.17, 15) is 27.9 Å². The van der Waals surface area contributed by atoms with Crippen LogP contribution in [0.3, 0.4) is 0 Å². The van der Waals surface area contributed by atoms with Crippen molar-refractivity contribution >= 4 is 55.2 Å². The van der Waals surface area contributed by atoms with Crippen molar-refractivity contribution in [3.63, 3.8) is 0 Å². The molecule has 32 heavy (non-hydrogen) atoms. The van der Waals surface area contributed by atoms with E-state index in [2.05, 4.69) is 26.0 Å². The fraction of sp³-hybridized carbons (Fsp3) is 0. The van der Waals surface area contributed by atoms with Crippen molar-refractivity contribution in [2.75, 3.05) is 10.0 Å². The Kier molecular flexibility index (Phi) is 6.61. The molecule has 9 nitrogen and oxygen atoms in total. The van der Waals surface area contributed by atoms with Gasteiger partial charge in [-0.3, -0.25) is 9.52 Å². The van der Waals surface area contributed by atoms with Crippen LogP contribution in [0.4, 0.5) is 11.4 Å². The van der Waals surface area contributed by atoms with Crippen molar-refractivity contribution in [1.29, 1.82) is 0 Å². The Bertz CT molecular complexity index is 1320. The zero-order valence-corrected chi connectivity index (χ0v) is 18.5. The lowest BCUT2D eigenvalue weighted by atomic mass is 10.1. The molecule has 0 atom stereocenters. The molecule has 11 heteroatoms. The van der Waals surface area contributed by atoms with Gasteiger partial charge >= 0.3 is 11.9 Å². The molecule has 3 aromatic rings. The maximum absolute atomic E-state index is 12.9. The van der Waals surface area contributed by atoms with Gasteiger partial charge in [0.1, 0.15) is 4.90 Å². The summed E-state index contributed by atoms with van der Waals surface area (Å²) < 4.78 is 28.2. The number of carboxylic acid groups (broad SMARTS) is 2. The second kappa shape index (κ2) is 9.20. The molecule has 0 aliphatic rings. The molecule has 0 unspecified atom stereocenters. The molecule has 164 valence electrons. The molecule has 0 spiro atoms. The van der Waals surface area contributed by atoms with Crippen molar-refractivity contribution in [3.8, 4) is 0 Å². The van der Waals surface area contributed by atoms with E-state index in [0.717, 1.165) is 6.07 Å². The number of nitrogens with one attached hydrogen (secondary N) is 2. The monoisotopic (exact) mass is 518 g/mol. The van der Waals surface area contributed by atoms with Gasteiger partial charge in [0.25, 0.3) is 15.9 Å². The fourth-order valence-electron chi connectivity index (χ4n) is 2.71. The van der Waals surface area contributed by atoms with Crippen molar-refractivity contribution in [3.05, 3.63) is 87.9 Å². The van der Waals surface area contributed by atoms with Crippen molar-refractivity contribution < 1.29 is 33.0 Å². The Labute approximate surface area is 190 Å². The third kappa shape index (κ3) is 5.13. The van der Waals surface area contributed by atoms with E-state index in [4.69, 9.17) is 5.11 Å². The second-order valence-electron chi connectivity index (χ2n) is 6.44. The SMILES string of the molecule is O=C(O)c1ccc(NS(=O)(=O)c2cc(C(=O)Nc3ccccc3C(=O)O)ccc2Br)cc1. The first-order valence-corrected chi connectivity index (χ1v) is 11.2. The van der Waals surface area contributed by atoms with E-state index in [0.29, 0.717) is 0 Å². The van der Waals surface area contributed by atoms with E-state index in [1.807, 2.05) is 0 Å². The quantitative estimate of drug-likeness (QED) is 0.370. The van der Waals surface area contributed by atoms with E-state index in [1.165, 1.54) is 54.6 Å². The standard InChI is InChI=1S/C21H15BrN2O7S/c22-16-10-7-13(19(25)23-17-4-2-1-3-15(17)21(28)29)11-18(16)32(30,31)24-14-8-5-12(6-9-14)20(26)27/h1-11,24H,(H,23,25)(H,26,27)(H,28,29). The number of rotatable bonds is 7. The summed E-state index contributed by atoms with van der Waals surface area (Å²) in [5.41, 5.74) is 0.0582. The van der Waals surface area contributed by atoms with Gasteiger partial charge < -0.3 is 15.5 Å². The molecular weight excluding hydrogens is 504 g/mol. The highest BCUT2D eigenvalue weighted by Crippen LogP contribution is 2.26. The molecule has 0 saturated carbocycles. The zero-order valence-electron chi connectivity index (χ0n) is 16.1. The van der Waals surface area contributed by atoms with Gasteiger partial charge in [0.05, 0.1) is 16.8 Å². The predicted octanol–water partition coefficient (Wildman–Crippen LogP) is 3.90. The number of carboxylic acids is 2. The summed E-state index contributed by atoms with van der Waals surface area (Å²) in [6.45, 7) is 0. The number of halogens is 1. The van der Waals surface area contributed by atoms with Crippen LogP contribution in [-0.4, -0.2) is 36.5 Å². The third-order valence-electron chi connectivity index (χ3n) is 4.27. The molecule has 0 aromatic heterocycles. The summed E-state index contributed by atoms with van der Waals surface area (Å²) in [7, 11) is -4.15. The lowest BCUT2D eigenvalue weighted by Crippen LogP contribution is -2.17. The zero-order chi connectivity index (χ0) is 23.5.